The standard InChI is InChI=1S/C10H14N2O2/c11-6-9(13)10(14)12-7-8-4-2-1-3-5-8/h1-5,9,13H,6-7,11H2,(H,12,14). The molecule has 0 saturated carbocycles. The van der Waals surface area contributed by atoms with Gasteiger partial charge in [-0.2, -0.15) is 0 Å². The van der Waals surface area contributed by atoms with Crippen LogP contribution in [-0.4, -0.2) is 23.7 Å². The Bertz CT molecular complexity index is 287. The maximum Gasteiger partial charge on any atom is 0.250 e. The van der Waals surface area contributed by atoms with Crippen molar-refractivity contribution >= 4 is 5.91 Å². The van der Waals surface area contributed by atoms with Gasteiger partial charge in [-0.05, 0) is 5.56 Å². The monoisotopic (exact) mass is 194 g/mol. The van der Waals surface area contributed by atoms with Gasteiger partial charge in [0.1, 0.15) is 6.10 Å². The molecule has 0 bridgehead atoms. The Morgan fingerprint density at radius 1 is 1.43 bits per heavy atom. The van der Waals surface area contributed by atoms with Crippen molar-refractivity contribution in [3.63, 3.8) is 0 Å². The van der Waals surface area contributed by atoms with Crippen LogP contribution in [-0.2, 0) is 11.3 Å². The number of amides is 1. The normalized spacial score (nSPS) is 12.1. The second-order valence-electron chi connectivity index (χ2n) is 2.95. The third kappa shape index (κ3) is 3.16. The van der Waals surface area contributed by atoms with Crippen LogP contribution in [0.1, 0.15) is 5.56 Å². The van der Waals surface area contributed by atoms with Gasteiger partial charge in [0.15, 0.2) is 0 Å². The number of nitrogens with one attached hydrogen (secondary N) is 1. The van der Waals surface area contributed by atoms with Gasteiger partial charge in [-0.3, -0.25) is 4.79 Å². The Hall–Kier alpha value is -1.39. The van der Waals surface area contributed by atoms with Crippen LogP contribution < -0.4 is 11.1 Å². The summed E-state index contributed by atoms with van der Waals surface area (Å²) in [4.78, 5) is 11.1. The number of aliphatic hydroxyl groups is 1. The second-order valence-corrected chi connectivity index (χ2v) is 2.95. The highest BCUT2D eigenvalue weighted by Crippen LogP contribution is 1.97. The largest absolute Gasteiger partial charge is 0.382 e. The number of rotatable bonds is 4. The molecule has 1 unspecified atom stereocenters. The Balaban J connectivity index is 2.38. The molecule has 0 saturated heterocycles. The average molecular weight is 194 g/mol. The van der Waals surface area contributed by atoms with Crippen LogP contribution in [0.2, 0.25) is 0 Å². The van der Waals surface area contributed by atoms with E-state index in [0.717, 1.165) is 5.56 Å². The fourth-order valence-corrected chi connectivity index (χ4v) is 1.01. The van der Waals surface area contributed by atoms with Gasteiger partial charge in [-0.15, -0.1) is 0 Å². The van der Waals surface area contributed by atoms with Crippen molar-refractivity contribution in [1.82, 2.24) is 5.32 Å². The highest BCUT2D eigenvalue weighted by Gasteiger charge is 2.11. The van der Waals surface area contributed by atoms with Crippen molar-refractivity contribution in [1.29, 1.82) is 0 Å². The molecule has 0 heterocycles. The lowest BCUT2D eigenvalue weighted by molar-refractivity contribution is -0.128. The molecule has 1 rings (SSSR count). The smallest absolute Gasteiger partial charge is 0.250 e. The molecule has 1 aromatic rings. The summed E-state index contributed by atoms with van der Waals surface area (Å²) < 4.78 is 0. The topological polar surface area (TPSA) is 75.3 Å². The molecule has 4 N–H and O–H groups in total. The first kappa shape index (κ1) is 10.7. The molecule has 0 aromatic heterocycles. The predicted molar refractivity (Wildman–Crippen MR) is 53.3 cm³/mol. The summed E-state index contributed by atoms with van der Waals surface area (Å²) in [5.74, 6) is -0.434. The van der Waals surface area contributed by atoms with Gasteiger partial charge >= 0.3 is 0 Å². The molecule has 1 aromatic carbocycles. The molecule has 0 fully saturated rings. The maximum absolute atomic E-state index is 11.1. The van der Waals surface area contributed by atoms with Crippen LogP contribution in [0.15, 0.2) is 30.3 Å². The van der Waals surface area contributed by atoms with Gasteiger partial charge in [0.25, 0.3) is 0 Å². The van der Waals surface area contributed by atoms with Gasteiger partial charge in [-0.25, -0.2) is 0 Å². The van der Waals surface area contributed by atoms with E-state index in [1.807, 2.05) is 30.3 Å². The minimum Gasteiger partial charge on any atom is -0.382 e. The number of hydrogen-bond donors (Lipinski definition) is 3. The molecular formula is C10H14N2O2. The third-order valence-corrected chi connectivity index (χ3v) is 1.84. The highest BCUT2D eigenvalue weighted by atomic mass is 16.3. The summed E-state index contributed by atoms with van der Waals surface area (Å²) in [6.45, 7) is 0.358. The van der Waals surface area contributed by atoms with Crippen molar-refractivity contribution in [2.24, 2.45) is 5.73 Å². The SMILES string of the molecule is NCC(O)C(=O)NCc1ccccc1. The first-order valence-electron chi connectivity index (χ1n) is 4.44. The summed E-state index contributed by atoms with van der Waals surface area (Å²) in [6, 6.07) is 9.48. The Morgan fingerprint density at radius 3 is 2.64 bits per heavy atom. The fraction of sp³-hybridized carbons (Fsp3) is 0.300. The number of hydrogen-bond acceptors (Lipinski definition) is 3. The lowest BCUT2D eigenvalue weighted by atomic mass is 10.2. The van der Waals surface area contributed by atoms with E-state index in [9.17, 15) is 4.79 Å². The van der Waals surface area contributed by atoms with E-state index in [0.29, 0.717) is 6.54 Å². The third-order valence-electron chi connectivity index (χ3n) is 1.84. The lowest BCUT2D eigenvalue weighted by Gasteiger charge is -2.08. The molecule has 4 heteroatoms. The fourth-order valence-electron chi connectivity index (χ4n) is 1.01. The van der Waals surface area contributed by atoms with E-state index in [2.05, 4.69) is 5.32 Å². The number of benzene rings is 1. The van der Waals surface area contributed by atoms with E-state index in [-0.39, 0.29) is 6.54 Å². The number of carbonyl (C=O) groups is 1. The minimum absolute atomic E-state index is 0.0549. The van der Waals surface area contributed by atoms with Crippen LogP contribution >= 0.6 is 0 Å². The number of nitrogens with two attached hydrogens (primary N) is 1. The molecule has 76 valence electrons. The highest BCUT2D eigenvalue weighted by molar-refractivity contribution is 5.80. The van der Waals surface area contributed by atoms with Crippen LogP contribution in [0.4, 0.5) is 0 Å². The summed E-state index contributed by atoms with van der Waals surface area (Å²) >= 11 is 0. The first-order chi connectivity index (χ1) is 6.74. The number of carbonyl (C=O) groups excluding carboxylic acids is 1. The molecule has 0 aliphatic carbocycles. The summed E-state index contributed by atoms with van der Waals surface area (Å²) in [5.41, 5.74) is 6.12. The minimum atomic E-state index is -1.11. The van der Waals surface area contributed by atoms with E-state index in [1.165, 1.54) is 0 Å². The Morgan fingerprint density at radius 2 is 2.07 bits per heavy atom. The Kier molecular flexibility index (Phi) is 4.10. The maximum atomic E-state index is 11.1. The zero-order valence-corrected chi connectivity index (χ0v) is 7.81. The molecule has 0 aliphatic rings. The van der Waals surface area contributed by atoms with Crippen LogP contribution in [0, 0.1) is 0 Å². The summed E-state index contributed by atoms with van der Waals surface area (Å²) in [5, 5.41) is 11.6. The predicted octanol–water partition coefficient (Wildman–Crippen LogP) is -0.378. The molecule has 14 heavy (non-hydrogen) atoms. The van der Waals surface area contributed by atoms with Gasteiger partial charge in [0, 0.05) is 13.1 Å². The molecule has 1 amide bonds. The van der Waals surface area contributed by atoms with Crippen LogP contribution in [0.25, 0.3) is 0 Å². The van der Waals surface area contributed by atoms with Crippen molar-refractivity contribution in [2.45, 2.75) is 12.6 Å². The lowest BCUT2D eigenvalue weighted by Crippen LogP contribution is -2.38. The van der Waals surface area contributed by atoms with E-state index >= 15 is 0 Å². The summed E-state index contributed by atoms with van der Waals surface area (Å²) in [7, 11) is 0. The Labute approximate surface area is 82.7 Å². The molecule has 0 aliphatic heterocycles. The summed E-state index contributed by atoms with van der Waals surface area (Å²) in [6.07, 6.45) is -1.11. The molecule has 0 radical (unpaired) electrons. The first-order valence-corrected chi connectivity index (χ1v) is 4.44. The van der Waals surface area contributed by atoms with Gasteiger partial charge in [-0.1, -0.05) is 30.3 Å². The van der Waals surface area contributed by atoms with Gasteiger partial charge < -0.3 is 16.2 Å². The molecule has 1 atom stereocenters. The van der Waals surface area contributed by atoms with Crippen molar-refractivity contribution in [2.75, 3.05) is 6.54 Å². The van der Waals surface area contributed by atoms with Crippen molar-refractivity contribution in [3.05, 3.63) is 35.9 Å². The van der Waals surface area contributed by atoms with E-state index in [4.69, 9.17) is 10.8 Å². The zero-order chi connectivity index (χ0) is 10.4. The molecular weight excluding hydrogens is 180 g/mol. The zero-order valence-electron chi connectivity index (χ0n) is 7.81. The molecule has 4 nitrogen and oxygen atoms in total. The second kappa shape index (κ2) is 5.36. The van der Waals surface area contributed by atoms with Crippen molar-refractivity contribution in [3.8, 4) is 0 Å². The van der Waals surface area contributed by atoms with Crippen molar-refractivity contribution < 1.29 is 9.90 Å². The van der Waals surface area contributed by atoms with Gasteiger partial charge in [0.05, 0.1) is 0 Å². The van der Waals surface area contributed by atoms with E-state index in [1.54, 1.807) is 0 Å². The number of aliphatic hydroxyl groups excluding tert-OH is 1. The van der Waals surface area contributed by atoms with Gasteiger partial charge in [0.2, 0.25) is 5.91 Å². The van der Waals surface area contributed by atoms with Crippen LogP contribution in [0.3, 0.4) is 0 Å². The quantitative estimate of drug-likeness (QED) is 0.611. The van der Waals surface area contributed by atoms with Crippen LogP contribution in [0.5, 0.6) is 0 Å². The molecule has 0 spiro atoms. The average Bonchev–Trinajstić information content (AvgIpc) is 2.26. The van der Waals surface area contributed by atoms with E-state index < -0.39 is 12.0 Å².